The lowest BCUT2D eigenvalue weighted by Gasteiger charge is -2.37. The second kappa shape index (κ2) is 10.6. The van der Waals surface area contributed by atoms with Gasteiger partial charge in [-0.05, 0) is 45.7 Å². The quantitative estimate of drug-likeness (QED) is 0.462. The Balaban J connectivity index is 2.46. The van der Waals surface area contributed by atoms with E-state index in [1.54, 1.807) is 0 Å². The van der Waals surface area contributed by atoms with Gasteiger partial charge in [-0.25, -0.2) is 0 Å². The largest absolute Gasteiger partial charge is 0.385 e. The normalized spacial score (nSPS) is 13.1. The second-order valence-corrected chi connectivity index (χ2v) is 5.24. The molecule has 0 saturated carbocycles. The number of anilines is 1. The van der Waals surface area contributed by atoms with E-state index in [4.69, 9.17) is 14.2 Å². The van der Waals surface area contributed by atoms with E-state index >= 15 is 0 Å². The number of para-hydroxylation sites is 1. The Morgan fingerprint density at radius 1 is 0.955 bits per heavy atom. The molecule has 0 aromatic heterocycles. The summed E-state index contributed by atoms with van der Waals surface area (Å²) in [6.07, 6.45) is 2.00. The molecule has 126 valence electrons. The topological polar surface area (TPSA) is 39.7 Å². The van der Waals surface area contributed by atoms with Gasteiger partial charge in [0, 0.05) is 38.0 Å². The lowest BCUT2D eigenvalue weighted by atomic mass is 10.0. The summed E-state index contributed by atoms with van der Waals surface area (Å²) in [5.41, 5.74) is 1.15. The first-order chi connectivity index (χ1) is 10.7. The Morgan fingerprint density at radius 3 is 2.00 bits per heavy atom. The molecule has 0 bridgehead atoms. The standard InChI is InChI=1S/C18H31NO3/c1-5-20-18(21-6-2,22-7-3)16(4)12-11-15-19-17-13-9-8-10-14-17/h8-10,13-14,16,19H,5-7,11-12,15H2,1-4H3. The van der Waals surface area contributed by atoms with Crippen LogP contribution in [-0.4, -0.2) is 32.3 Å². The Kier molecular flexibility index (Phi) is 9.13. The first-order valence-electron chi connectivity index (χ1n) is 8.39. The molecule has 0 aliphatic rings. The van der Waals surface area contributed by atoms with Gasteiger partial charge in [0.05, 0.1) is 0 Å². The molecule has 0 aliphatic carbocycles. The molecule has 1 rings (SSSR count). The van der Waals surface area contributed by atoms with Gasteiger partial charge in [-0.2, -0.15) is 0 Å². The average Bonchev–Trinajstić information content (AvgIpc) is 2.53. The highest BCUT2D eigenvalue weighted by Gasteiger charge is 2.38. The van der Waals surface area contributed by atoms with E-state index in [9.17, 15) is 0 Å². The highest BCUT2D eigenvalue weighted by Crippen LogP contribution is 2.29. The molecule has 0 fully saturated rings. The van der Waals surface area contributed by atoms with Crippen molar-refractivity contribution in [3.63, 3.8) is 0 Å². The van der Waals surface area contributed by atoms with E-state index in [0.29, 0.717) is 19.8 Å². The van der Waals surface area contributed by atoms with Crippen LogP contribution in [0.5, 0.6) is 0 Å². The van der Waals surface area contributed by atoms with E-state index in [0.717, 1.165) is 25.1 Å². The van der Waals surface area contributed by atoms with Gasteiger partial charge >= 0.3 is 0 Å². The monoisotopic (exact) mass is 309 g/mol. The molecule has 1 atom stereocenters. The van der Waals surface area contributed by atoms with E-state index in [-0.39, 0.29) is 5.92 Å². The minimum absolute atomic E-state index is 0.171. The summed E-state index contributed by atoms with van der Waals surface area (Å²) in [4.78, 5) is 0. The molecular weight excluding hydrogens is 278 g/mol. The van der Waals surface area contributed by atoms with Crippen molar-refractivity contribution in [1.82, 2.24) is 0 Å². The number of rotatable bonds is 12. The third-order valence-electron chi connectivity index (χ3n) is 3.56. The molecule has 1 unspecified atom stereocenters. The van der Waals surface area contributed by atoms with Crippen LogP contribution in [0.1, 0.15) is 40.5 Å². The Morgan fingerprint density at radius 2 is 1.50 bits per heavy atom. The third-order valence-corrected chi connectivity index (χ3v) is 3.56. The highest BCUT2D eigenvalue weighted by atomic mass is 16.9. The summed E-state index contributed by atoms with van der Waals surface area (Å²) >= 11 is 0. The summed E-state index contributed by atoms with van der Waals surface area (Å²) in [6.45, 7) is 10.7. The van der Waals surface area contributed by atoms with Crippen LogP contribution < -0.4 is 5.32 Å². The van der Waals surface area contributed by atoms with Gasteiger partial charge in [0.2, 0.25) is 0 Å². The number of hydrogen-bond acceptors (Lipinski definition) is 4. The first kappa shape index (κ1) is 18.9. The van der Waals surface area contributed by atoms with Crippen molar-refractivity contribution in [2.24, 2.45) is 5.92 Å². The summed E-state index contributed by atoms with van der Waals surface area (Å²) < 4.78 is 17.5. The minimum Gasteiger partial charge on any atom is -0.385 e. The number of ether oxygens (including phenoxy) is 3. The molecule has 1 aromatic rings. The second-order valence-electron chi connectivity index (χ2n) is 5.24. The van der Waals surface area contributed by atoms with Crippen molar-refractivity contribution in [1.29, 1.82) is 0 Å². The van der Waals surface area contributed by atoms with Crippen LogP contribution in [0.3, 0.4) is 0 Å². The minimum atomic E-state index is -0.912. The molecule has 4 nitrogen and oxygen atoms in total. The van der Waals surface area contributed by atoms with Gasteiger partial charge in [0.15, 0.2) is 0 Å². The van der Waals surface area contributed by atoms with Gasteiger partial charge < -0.3 is 19.5 Å². The Bertz CT molecular complexity index is 366. The van der Waals surface area contributed by atoms with Gasteiger partial charge in [0.1, 0.15) is 0 Å². The summed E-state index contributed by atoms with van der Waals surface area (Å²) in [5, 5.41) is 3.43. The molecular formula is C18H31NO3. The molecule has 4 heteroatoms. The van der Waals surface area contributed by atoms with E-state index < -0.39 is 5.97 Å². The van der Waals surface area contributed by atoms with Gasteiger partial charge in [-0.3, -0.25) is 0 Å². The molecule has 0 heterocycles. The Labute approximate surface area is 135 Å². The van der Waals surface area contributed by atoms with E-state index in [1.807, 2.05) is 39.0 Å². The zero-order chi connectivity index (χ0) is 16.3. The van der Waals surface area contributed by atoms with Crippen LogP contribution in [0.25, 0.3) is 0 Å². The molecule has 0 aliphatic heterocycles. The van der Waals surface area contributed by atoms with Crippen LogP contribution in [-0.2, 0) is 14.2 Å². The maximum atomic E-state index is 5.82. The van der Waals surface area contributed by atoms with Gasteiger partial charge in [0.25, 0.3) is 5.97 Å². The van der Waals surface area contributed by atoms with Crippen LogP contribution in [0.4, 0.5) is 5.69 Å². The number of hydrogen-bond donors (Lipinski definition) is 1. The van der Waals surface area contributed by atoms with Crippen molar-refractivity contribution < 1.29 is 14.2 Å². The van der Waals surface area contributed by atoms with Crippen molar-refractivity contribution in [3.05, 3.63) is 30.3 Å². The summed E-state index contributed by atoms with van der Waals surface area (Å²) in [6, 6.07) is 10.3. The number of nitrogens with one attached hydrogen (secondary N) is 1. The predicted molar refractivity (Wildman–Crippen MR) is 90.9 cm³/mol. The van der Waals surface area contributed by atoms with E-state index in [2.05, 4.69) is 24.4 Å². The molecule has 1 aromatic carbocycles. The van der Waals surface area contributed by atoms with Crippen molar-refractivity contribution >= 4 is 5.69 Å². The molecule has 0 amide bonds. The molecule has 1 N–H and O–H groups in total. The molecule has 22 heavy (non-hydrogen) atoms. The van der Waals surface area contributed by atoms with Crippen LogP contribution >= 0.6 is 0 Å². The maximum Gasteiger partial charge on any atom is 0.285 e. The van der Waals surface area contributed by atoms with Crippen LogP contribution in [0.2, 0.25) is 0 Å². The maximum absolute atomic E-state index is 5.82. The Hall–Kier alpha value is -1.10. The molecule has 0 spiro atoms. The molecule has 0 radical (unpaired) electrons. The fraction of sp³-hybridized carbons (Fsp3) is 0.667. The first-order valence-corrected chi connectivity index (χ1v) is 8.39. The SMILES string of the molecule is CCOC(OCC)(OCC)C(C)CCCNc1ccccc1. The fourth-order valence-electron chi connectivity index (χ4n) is 2.53. The summed E-state index contributed by atoms with van der Waals surface area (Å²) in [7, 11) is 0. The van der Waals surface area contributed by atoms with Crippen molar-refractivity contribution in [2.45, 2.75) is 46.5 Å². The van der Waals surface area contributed by atoms with Crippen LogP contribution in [0.15, 0.2) is 30.3 Å². The third kappa shape index (κ3) is 5.95. The van der Waals surface area contributed by atoms with Crippen molar-refractivity contribution in [2.75, 3.05) is 31.7 Å². The van der Waals surface area contributed by atoms with E-state index in [1.165, 1.54) is 0 Å². The smallest absolute Gasteiger partial charge is 0.285 e. The fourth-order valence-corrected chi connectivity index (χ4v) is 2.53. The van der Waals surface area contributed by atoms with Crippen molar-refractivity contribution in [3.8, 4) is 0 Å². The number of benzene rings is 1. The predicted octanol–water partition coefficient (Wildman–Crippen LogP) is 4.28. The zero-order valence-corrected chi connectivity index (χ0v) is 14.4. The lowest BCUT2D eigenvalue weighted by molar-refractivity contribution is -0.400. The highest BCUT2D eigenvalue weighted by molar-refractivity contribution is 5.42. The lowest BCUT2D eigenvalue weighted by Crippen LogP contribution is -2.45. The average molecular weight is 309 g/mol. The summed E-state index contributed by atoms with van der Waals surface area (Å²) in [5.74, 6) is -0.740. The van der Waals surface area contributed by atoms with Gasteiger partial charge in [-0.15, -0.1) is 0 Å². The van der Waals surface area contributed by atoms with Gasteiger partial charge in [-0.1, -0.05) is 25.1 Å². The molecule has 0 saturated heterocycles. The zero-order valence-electron chi connectivity index (χ0n) is 14.4. The van der Waals surface area contributed by atoms with Crippen LogP contribution in [0, 0.1) is 5.92 Å².